The lowest BCUT2D eigenvalue weighted by Crippen LogP contribution is -1.95. The molecule has 0 amide bonds. The van der Waals surface area contributed by atoms with Gasteiger partial charge in [-0.05, 0) is 32.4 Å². The Bertz CT molecular complexity index is 755. The van der Waals surface area contributed by atoms with Crippen LogP contribution in [0.2, 0.25) is 0 Å². The molecule has 102 valence electrons. The third-order valence-electron chi connectivity index (χ3n) is 3.58. The highest BCUT2D eigenvalue weighted by atomic mass is 35.5. The van der Waals surface area contributed by atoms with Gasteiger partial charge >= 0.3 is 0 Å². The normalized spacial score (nSPS) is 12.8. The van der Waals surface area contributed by atoms with Gasteiger partial charge in [-0.1, -0.05) is 35.9 Å². The number of imidazole rings is 1. The first kappa shape index (κ1) is 13.2. The van der Waals surface area contributed by atoms with Crippen molar-refractivity contribution in [1.82, 2.24) is 9.38 Å². The molecule has 0 aliphatic rings. The number of aryl methyl sites for hydroxylation is 2. The second-order valence-electron chi connectivity index (χ2n) is 5.21. The first-order valence-electron chi connectivity index (χ1n) is 6.76. The maximum Gasteiger partial charge on any atom is 0.140 e. The molecule has 3 rings (SSSR count). The third-order valence-corrected chi connectivity index (χ3v) is 3.79. The van der Waals surface area contributed by atoms with Gasteiger partial charge in [0.25, 0.3) is 0 Å². The molecule has 0 spiro atoms. The molecule has 20 heavy (non-hydrogen) atoms. The average Bonchev–Trinajstić information content (AvgIpc) is 2.80. The monoisotopic (exact) mass is 284 g/mol. The van der Waals surface area contributed by atoms with Crippen LogP contribution in [0.3, 0.4) is 0 Å². The van der Waals surface area contributed by atoms with E-state index in [2.05, 4.69) is 48.6 Å². The number of benzene rings is 1. The molecule has 0 radical (unpaired) electrons. The molecule has 0 fully saturated rings. The molecule has 2 aromatic heterocycles. The maximum absolute atomic E-state index is 6.40. The zero-order valence-electron chi connectivity index (χ0n) is 11.9. The van der Waals surface area contributed by atoms with Crippen LogP contribution >= 0.6 is 11.6 Å². The van der Waals surface area contributed by atoms with Crippen molar-refractivity contribution in [3.05, 3.63) is 59.4 Å². The summed E-state index contributed by atoms with van der Waals surface area (Å²) < 4.78 is 2.10. The molecule has 0 bridgehead atoms. The first-order chi connectivity index (χ1) is 9.58. The number of nitrogens with zero attached hydrogens (tertiary/aromatic N) is 2. The summed E-state index contributed by atoms with van der Waals surface area (Å²) in [4.78, 5) is 4.81. The van der Waals surface area contributed by atoms with E-state index in [9.17, 15) is 0 Å². The zero-order valence-corrected chi connectivity index (χ0v) is 12.6. The van der Waals surface area contributed by atoms with Crippen molar-refractivity contribution in [3.8, 4) is 11.3 Å². The summed E-state index contributed by atoms with van der Waals surface area (Å²) in [6.45, 7) is 6.15. The molecule has 0 aliphatic carbocycles. The second kappa shape index (κ2) is 4.95. The van der Waals surface area contributed by atoms with Crippen molar-refractivity contribution in [3.63, 3.8) is 0 Å². The van der Waals surface area contributed by atoms with E-state index in [4.69, 9.17) is 16.6 Å². The van der Waals surface area contributed by atoms with Crippen molar-refractivity contribution in [1.29, 1.82) is 0 Å². The first-order valence-corrected chi connectivity index (χ1v) is 7.20. The maximum atomic E-state index is 6.40. The van der Waals surface area contributed by atoms with Gasteiger partial charge in [-0.3, -0.25) is 0 Å². The molecule has 0 aliphatic heterocycles. The highest BCUT2D eigenvalue weighted by Gasteiger charge is 2.18. The van der Waals surface area contributed by atoms with E-state index in [1.165, 1.54) is 5.56 Å². The number of halogens is 1. The van der Waals surface area contributed by atoms with Crippen LogP contribution in [0.1, 0.15) is 29.1 Å². The molecular weight excluding hydrogens is 268 g/mol. The summed E-state index contributed by atoms with van der Waals surface area (Å²) in [5.74, 6) is 0. The Hall–Kier alpha value is -1.80. The minimum Gasteiger partial charge on any atom is -0.302 e. The Balaban J connectivity index is 2.32. The molecule has 2 nitrogen and oxygen atoms in total. The van der Waals surface area contributed by atoms with E-state index in [1.807, 2.05) is 19.2 Å². The van der Waals surface area contributed by atoms with Gasteiger partial charge in [0, 0.05) is 11.8 Å². The molecular formula is C17H17ClN2. The quantitative estimate of drug-likeness (QED) is 0.611. The van der Waals surface area contributed by atoms with E-state index in [0.29, 0.717) is 0 Å². The van der Waals surface area contributed by atoms with Gasteiger partial charge in [0.05, 0.1) is 16.8 Å². The minimum absolute atomic E-state index is 0.0943. The molecule has 1 atom stereocenters. The fraction of sp³-hybridized carbons (Fsp3) is 0.235. The lowest BCUT2D eigenvalue weighted by molar-refractivity contribution is 0.962. The van der Waals surface area contributed by atoms with E-state index in [0.717, 1.165) is 28.2 Å². The summed E-state index contributed by atoms with van der Waals surface area (Å²) in [5.41, 5.74) is 6.52. The zero-order chi connectivity index (χ0) is 14.3. The summed E-state index contributed by atoms with van der Waals surface area (Å²) in [6.07, 6.45) is 2.03. The van der Waals surface area contributed by atoms with E-state index in [1.54, 1.807) is 0 Å². The molecule has 1 unspecified atom stereocenters. The topological polar surface area (TPSA) is 17.3 Å². The van der Waals surface area contributed by atoms with Crippen molar-refractivity contribution >= 4 is 17.2 Å². The Morgan fingerprint density at radius 3 is 2.45 bits per heavy atom. The Kier molecular flexibility index (Phi) is 3.27. The fourth-order valence-electron chi connectivity index (χ4n) is 2.53. The van der Waals surface area contributed by atoms with Crippen LogP contribution in [0.5, 0.6) is 0 Å². The van der Waals surface area contributed by atoms with Crippen LogP contribution < -0.4 is 0 Å². The van der Waals surface area contributed by atoms with Crippen molar-refractivity contribution in [2.45, 2.75) is 26.1 Å². The van der Waals surface area contributed by atoms with Crippen LogP contribution in [0.15, 0.2) is 42.6 Å². The molecule has 2 heterocycles. The number of hydrogen-bond donors (Lipinski definition) is 0. The predicted molar refractivity (Wildman–Crippen MR) is 84.4 cm³/mol. The molecule has 3 heteroatoms. The third kappa shape index (κ3) is 2.10. The van der Waals surface area contributed by atoms with Gasteiger partial charge in [0.15, 0.2) is 0 Å². The van der Waals surface area contributed by atoms with Gasteiger partial charge in [0.2, 0.25) is 0 Å². The summed E-state index contributed by atoms with van der Waals surface area (Å²) >= 11 is 6.40. The van der Waals surface area contributed by atoms with Gasteiger partial charge in [0.1, 0.15) is 5.65 Å². The van der Waals surface area contributed by atoms with Gasteiger partial charge in [-0.25, -0.2) is 4.98 Å². The number of fused-ring (bicyclic) bond motifs is 1. The molecule has 3 aromatic rings. The number of hydrogen-bond acceptors (Lipinski definition) is 1. The van der Waals surface area contributed by atoms with Crippen molar-refractivity contribution < 1.29 is 0 Å². The minimum atomic E-state index is -0.0943. The van der Waals surface area contributed by atoms with Crippen LogP contribution in [-0.2, 0) is 0 Å². The second-order valence-corrected chi connectivity index (χ2v) is 5.87. The molecule has 0 saturated heterocycles. The number of aromatic nitrogens is 2. The van der Waals surface area contributed by atoms with E-state index in [-0.39, 0.29) is 5.38 Å². The highest BCUT2D eigenvalue weighted by Crippen LogP contribution is 2.32. The SMILES string of the molecule is Cc1ccc(-c2nc3c(C)cccn3c2C(C)Cl)cc1. The standard InChI is InChI=1S/C17H17ClN2/c1-11-6-8-14(9-7-11)15-16(13(3)18)20-10-4-5-12(2)17(20)19-15/h4-10,13H,1-3H3. The van der Waals surface area contributed by atoms with Gasteiger partial charge < -0.3 is 4.40 Å². The molecule has 0 saturated carbocycles. The number of alkyl halides is 1. The number of rotatable bonds is 2. The van der Waals surface area contributed by atoms with Crippen LogP contribution in [-0.4, -0.2) is 9.38 Å². The highest BCUT2D eigenvalue weighted by molar-refractivity contribution is 6.20. The van der Waals surface area contributed by atoms with Gasteiger partial charge in [-0.15, -0.1) is 11.6 Å². The van der Waals surface area contributed by atoms with Crippen molar-refractivity contribution in [2.75, 3.05) is 0 Å². The summed E-state index contributed by atoms with van der Waals surface area (Å²) in [7, 11) is 0. The Morgan fingerprint density at radius 2 is 1.80 bits per heavy atom. The lowest BCUT2D eigenvalue weighted by atomic mass is 10.1. The van der Waals surface area contributed by atoms with E-state index < -0.39 is 0 Å². The van der Waals surface area contributed by atoms with Crippen LogP contribution in [0.25, 0.3) is 16.9 Å². The Morgan fingerprint density at radius 1 is 1.10 bits per heavy atom. The smallest absolute Gasteiger partial charge is 0.140 e. The fourth-order valence-corrected chi connectivity index (χ4v) is 2.73. The van der Waals surface area contributed by atoms with Gasteiger partial charge in [-0.2, -0.15) is 0 Å². The average molecular weight is 285 g/mol. The summed E-state index contributed by atoms with van der Waals surface area (Å²) in [6, 6.07) is 12.5. The van der Waals surface area contributed by atoms with Crippen LogP contribution in [0, 0.1) is 13.8 Å². The van der Waals surface area contributed by atoms with Crippen molar-refractivity contribution in [2.24, 2.45) is 0 Å². The van der Waals surface area contributed by atoms with E-state index >= 15 is 0 Å². The van der Waals surface area contributed by atoms with Crippen LogP contribution in [0.4, 0.5) is 0 Å². The summed E-state index contributed by atoms with van der Waals surface area (Å²) in [5, 5.41) is -0.0943. The molecule has 1 aromatic carbocycles. The molecule has 0 N–H and O–H groups in total. The predicted octanol–water partition coefficient (Wildman–Crippen LogP) is 4.92. The number of pyridine rings is 1. The largest absolute Gasteiger partial charge is 0.302 e. The Labute approximate surface area is 124 Å². The lowest BCUT2D eigenvalue weighted by Gasteiger charge is -2.07.